The Balaban J connectivity index is 2.52. The highest BCUT2D eigenvalue weighted by atomic mass is 16.5. The molecule has 0 atom stereocenters. The molecule has 0 aliphatic heterocycles. The van der Waals surface area contributed by atoms with Crippen LogP contribution in [0.3, 0.4) is 0 Å². The van der Waals surface area contributed by atoms with Gasteiger partial charge in [-0.05, 0) is 17.7 Å². The average Bonchev–Trinajstić information content (AvgIpc) is 2.18. The van der Waals surface area contributed by atoms with Crippen LogP contribution in [0.4, 0.5) is 0 Å². The van der Waals surface area contributed by atoms with Gasteiger partial charge in [0.2, 0.25) is 5.91 Å². The van der Waals surface area contributed by atoms with Crippen molar-refractivity contribution in [3.63, 3.8) is 0 Å². The Morgan fingerprint density at radius 2 is 2.00 bits per heavy atom. The van der Waals surface area contributed by atoms with Crippen molar-refractivity contribution in [1.29, 1.82) is 0 Å². The molecular formula is C9H11N3O3. The molecule has 1 heterocycles. The summed E-state index contributed by atoms with van der Waals surface area (Å²) < 4.78 is 0. The van der Waals surface area contributed by atoms with Gasteiger partial charge in [-0.15, -0.1) is 0 Å². The molecule has 3 N–H and O–H groups in total. The van der Waals surface area contributed by atoms with Gasteiger partial charge in [0.25, 0.3) is 5.91 Å². The number of carbonyl (C=O) groups excluding carboxylic acids is 2. The smallest absolute Gasteiger partial charge is 0.255 e. The molecule has 1 aromatic rings. The number of pyridine rings is 1. The number of primary amides is 1. The number of carbonyl (C=O) groups is 2. The summed E-state index contributed by atoms with van der Waals surface area (Å²) in [5, 5.41) is 9.73. The molecule has 1 rings (SSSR count). The zero-order valence-corrected chi connectivity index (χ0v) is 7.96. The number of rotatable bonds is 4. The van der Waals surface area contributed by atoms with Gasteiger partial charge < -0.3 is 5.73 Å². The molecule has 0 spiro atoms. The third kappa shape index (κ3) is 3.74. The molecular weight excluding hydrogens is 198 g/mol. The van der Waals surface area contributed by atoms with Gasteiger partial charge in [-0.25, -0.2) is 5.06 Å². The summed E-state index contributed by atoms with van der Waals surface area (Å²) in [7, 11) is 0. The number of hydroxylamine groups is 2. The van der Waals surface area contributed by atoms with Crippen LogP contribution in [0.1, 0.15) is 12.0 Å². The second-order valence-electron chi connectivity index (χ2n) is 2.95. The summed E-state index contributed by atoms with van der Waals surface area (Å²) in [5.74, 6) is -1.49. The van der Waals surface area contributed by atoms with Gasteiger partial charge in [0.1, 0.15) is 6.42 Å². The summed E-state index contributed by atoms with van der Waals surface area (Å²) in [6.07, 6.45) is 2.59. The van der Waals surface area contributed by atoms with E-state index in [1.54, 1.807) is 24.5 Å². The second-order valence-corrected chi connectivity index (χ2v) is 2.95. The van der Waals surface area contributed by atoms with E-state index >= 15 is 0 Å². The first-order valence-corrected chi connectivity index (χ1v) is 4.26. The van der Waals surface area contributed by atoms with Crippen molar-refractivity contribution in [3.8, 4) is 0 Å². The number of nitrogens with two attached hydrogens (primary N) is 1. The van der Waals surface area contributed by atoms with E-state index < -0.39 is 18.2 Å². The Hall–Kier alpha value is -1.95. The van der Waals surface area contributed by atoms with Gasteiger partial charge in [0.15, 0.2) is 0 Å². The fraction of sp³-hybridized carbons (Fsp3) is 0.222. The lowest BCUT2D eigenvalue weighted by Crippen LogP contribution is -2.30. The van der Waals surface area contributed by atoms with Crippen LogP contribution < -0.4 is 5.73 Å². The molecule has 1 aromatic heterocycles. The molecule has 0 bridgehead atoms. The minimum absolute atomic E-state index is 0.00856. The molecule has 0 saturated carbocycles. The van der Waals surface area contributed by atoms with Gasteiger partial charge in [0, 0.05) is 12.4 Å². The van der Waals surface area contributed by atoms with Gasteiger partial charge in [-0.3, -0.25) is 19.8 Å². The van der Waals surface area contributed by atoms with E-state index in [4.69, 9.17) is 5.73 Å². The standard InChI is InChI=1S/C9H11N3O3/c10-8(13)5-9(14)12(15)6-7-1-3-11-4-2-7/h1-4,15H,5-6H2,(H2,10,13). The summed E-state index contributed by atoms with van der Waals surface area (Å²) in [6.45, 7) is 0.00856. The molecule has 0 saturated heterocycles. The Bertz CT molecular complexity index is 353. The predicted molar refractivity (Wildman–Crippen MR) is 50.4 cm³/mol. The zero-order chi connectivity index (χ0) is 11.3. The molecule has 80 valence electrons. The fourth-order valence-corrected chi connectivity index (χ4v) is 0.990. The van der Waals surface area contributed by atoms with Crippen LogP contribution in [0.5, 0.6) is 0 Å². The van der Waals surface area contributed by atoms with E-state index in [2.05, 4.69) is 4.98 Å². The first-order valence-electron chi connectivity index (χ1n) is 4.26. The Kier molecular flexibility index (Phi) is 3.75. The number of nitrogens with zero attached hydrogens (tertiary/aromatic N) is 2. The first kappa shape index (κ1) is 11.1. The molecule has 15 heavy (non-hydrogen) atoms. The first-order chi connectivity index (χ1) is 7.09. The van der Waals surface area contributed by atoms with Crippen molar-refractivity contribution in [1.82, 2.24) is 10.0 Å². The molecule has 0 radical (unpaired) electrons. The minimum Gasteiger partial charge on any atom is -0.369 e. The van der Waals surface area contributed by atoms with Gasteiger partial charge in [-0.2, -0.15) is 0 Å². The summed E-state index contributed by atoms with van der Waals surface area (Å²) in [5.41, 5.74) is 5.53. The van der Waals surface area contributed by atoms with Crippen LogP contribution in [0, 0.1) is 0 Å². The average molecular weight is 209 g/mol. The maximum atomic E-state index is 11.1. The van der Waals surface area contributed by atoms with E-state index in [0.717, 1.165) is 0 Å². The highest BCUT2D eigenvalue weighted by Crippen LogP contribution is 2.02. The van der Waals surface area contributed by atoms with Crippen LogP contribution in [0.2, 0.25) is 0 Å². The van der Waals surface area contributed by atoms with Crippen molar-refractivity contribution in [2.75, 3.05) is 0 Å². The third-order valence-corrected chi connectivity index (χ3v) is 1.70. The van der Waals surface area contributed by atoms with E-state index in [9.17, 15) is 14.8 Å². The van der Waals surface area contributed by atoms with Gasteiger partial charge >= 0.3 is 0 Å². The highest BCUT2D eigenvalue weighted by molar-refractivity contribution is 5.95. The fourth-order valence-electron chi connectivity index (χ4n) is 0.990. The topological polar surface area (TPSA) is 96.5 Å². The van der Waals surface area contributed by atoms with Crippen molar-refractivity contribution >= 4 is 11.8 Å². The normalized spacial score (nSPS) is 9.67. The van der Waals surface area contributed by atoms with Crippen LogP contribution >= 0.6 is 0 Å². The quantitative estimate of drug-likeness (QED) is 0.403. The van der Waals surface area contributed by atoms with Crippen molar-refractivity contribution < 1.29 is 14.8 Å². The molecule has 0 aliphatic carbocycles. The second kappa shape index (κ2) is 5.06. The molecule has 0 fully saturated rings. The Labute approximate surface area is 86.3 Å². The van der Waals surface area contributed by atoms with Crippen molar-refractivity contribution in [2.45, 2.75) is 13.0 Å². The molecule has 6 heteroatoms. The number of aromatic nitrogens is 1. The number of hydrogen-bond acceptors (Lipinski definition) is 4. The van der Waals surface area contributed by atoms with Crippen LogP contribution in [-0.2, 0) is 16.1 Å². The van der Waals surface area contributed by atoms with Crippen LogP contribution in [-0.4, -0.2) is 27.1 Å². The predicted octanol–water partition coefficient (Wildman–Crippen LogP) is -0.325. The van der Waals surface area contributed by atoms with Crippen LogP contribution in [0.15, 0.2) is 24.5 Å². The van der Waals surface area contributed by atoms with Crippen molar-refractivity contribution in [3.05, 3.63) is 30.1 Å². The largest absolute Gasteiger partial charge is 0.369 e. The summed E-state index contributed by atoms with van der Waals surface area (Å²) in [6, 6.07) is 3.31. The van der Waals surface area contributed by atoms with Gasteiger partial charge in [-0.1, -0.05) is 0 Å². The van der Waals surface area contributed by atoms with E-state index in [1.165, 1.54) is 0 Å². The molecule has 0 unspecified atom stereocenters. The molecule has 2 amide bonds. The Morgan fingerprint density at radius 3 is 2.53 bits per heavy atom. The van der Waals surface area contributed by atoms with E-state index in [0.29, 0.717) is 10.6 Å². The summed E-state index contributed by atoms with van der Waals surface area (Å²) >= 11 is 0. The lowest BCUT2D eigenvalue weighted by Gasteiger charge is -2.13. The maximum absolute atomic E-state index is 11.1. The SMILES string of the molecule is NC(=O)CC(=O)N(O)Cc1ccncc1. The lowest BCUT2D eigenvalue weighted by atomic mass is 10.2. The molecule has 0 aliphatic rings. The lowest BCUT2D eigenvalue weighted by molar-refractivity contribution is -0.168. The molecule has 6 nitrogen and oxygen atoms in total. The van der Waals surface area contributed by atoms with E-state index in [-0.39, 0.29) is 6.54 Å². The van der Waals surface area contributed by atoms with E-state index in [1.807, 2.05) is 0 Å². The van der Waals surface area contributed by atoms with Gasteiger partial charge in [0.05, 0.1) is 6.54 Å². The Morgan fingerprint density at radius 1 is 1.40 bits per heavy atom. The zero-order valence-electron chi connectivity index (χ0n) is 7.96. The monoisotopic (exact) mass is 209 g/mol. The minimum atomic E-state index is -0.770. The maximum Gasteiger partial charge on any atom is 0.255 e. The van der Waals surface area contributed by atoms with Crippen LogP contribution in [0.25, 0.3) is 0 Å². The number of hydrogen-bond donors (Lipinski definition) is 2. The molecule has 0 aromatic carbocycles. The summed E-state index contributed by atoms with van der Waals surface area (Å²) in [4.78, 5) is 25.3. The third-order valence-electron chi connectivity index (χ3n) is 1.70. The van der Waals surface area contributed by atoms with Crippen molar-refractivity contribution in [2.24, 2.45) is 5.73 Å². The highest BCUT2D eigenvalue weighted by Gasteiger charge is 2.13. The number of amides is 2.